The second kappa shape index (κ2) is 8.48. The predicted molar refractivity (Wildman–Crippen MR) is 115 cm³/mol. The number of carbonyl (C=O) groups is 1. The summed E-state index contributed by atoms with van der Waals surface area (Å²) in [5.41, 5.74) is 1.32. The van der Waals surface area contributed by atoms with Gasteiger partial charge < -0.3 is 15.2 Å². The van der Waals surface area contributed by atoms with E-state index in [9.17, 15) is 14.4 Å². The summed E-state index contributed by atoms with van der Waals surface area (Å²) in [6.07, 6.45) is 3.28. The van der Waals surface area contributed by atoms with Gasteiger partial charge in [0, 0.05) is 37.8 Å². The van der Waals surface area contributed by atoms with E-state index in [0.717, 1.165) is 25.5 Å². The molecule has 9 nitrogen and oxygen atoms in total. The maximum Gasteiger partial charge on any atom is 0.219 e. The average molecular weight is 446 g/mol. The second-order valence-electron chi connectivity index (χ2n) is 7.35. The maximum absolute atomic E-state index is 13.4. The van der Waals surface area contributed by atoms with E-state index in [4.69, 9.17) is 17.0 Å². The number of aromatic amines is 1. The number of hydrogen-bond donors (Lipinski definition) is 4. The topological polar surface area (TPSA) is 121 Å². The Bertz CT molecular complexity index is 1150. The van der Waals surface area contributed by atoms with Crippen molar-refractivity contribution in [1.29, 1.82) is 5.41 Å². The van der Waals surface area contributed by atoms with E-state index in [1.807, 2.05) is 0 Å². The van der Waals surface area contributed by atoms with Gasteiger partial charge in [0.25, 0.3) is 0 Å². The Hall–Kier alpha value is -3.24. The van der Waals surface area contributed by atoms with Gasteiger partial charge in [0.1, 0.15) is 5.82 Å². The molecule has 2 aromatic heterocycles. The molecule has 0 bridgehead atoms. The summed E-state index contributed by atoms with van der Waals surface area (Å²) in [5.74, 6) is -0.373. The SMILES string of the molecule is CC(=O)N1CCCC(Nc2nc3nccc(C(=N)N(O)c4ccc(F)c(Cl)c4)c3[nH]2)C1. The summed E-state index contributed by atoms with van der Waals surface area (Å²) in [6.45, 7) is 2.88. The predicted octanol–water partition coefficient (Wildman–Crippen LogP) is 3.39. The molecule has 1 aliphatic heterocycles. The number of hydroxylamine groups is 1. The van der Waals surface area contributed by atoms with Crippen LogP contribution in [0, 0.1) is 11.2 Å². The molecular formula is C20H21ClFN7O2. The van der Waals surface area contributed by atoms with Crippen LogP contribution in [0.4, 0.5) is 16.0 Å². The van der Waals surface area contributed by atoms with Crippen molar-refractivity contribution in [1.82, 2.24) is 19.9 Å². The molecule has 1 aliphatic rings. The molecule has 0 radical (unpaired) electrons. The lowest BCUT2D eigenvalue weighted by molar-refractivity contribution is -0.129. The van der Waals surface area contributed by atoms with Crippen molar-refractivity contribution < 1.29 is 14.4 Å². The number of anilines is 2. The minimum absolute atomic E-state index is 0.0387. The molecule has 0 spiro atoms. The fourth-order valence-corrected chi connectivity index (χ4v) is 3.79. The fraction of sp³-hybridized carbons (Fsp3) is 0.300. The Labute approximate surface area is 182 Å². The molecule has 1 aromatic carbocycles. The second-order valence-corrected chi connectivity index (χ2v) is 7.76. The van der Waals surface area contributed by atoms with Crippen molar-refractivity contribution in [3.63, 3.8) is 0 Å². The van der Waals surface area contributed by atoms with Crippen LogP contribution in [0.25, 0.3) is 11.2 Å². The molecule has 1 amide bonds. The molecule has 1 atom stereocenters. The van der Waals surface area contributed by atoms with Crippen LogP contribution in [-0.4, -0.2) is 55.9 Å². The van der Waals surface area contributed by atoms with Crippen molar-refractivity contribution >= 4 is 46.1 Å². The van der Waals surface area contributed by atoms with E-state index in [1.165, 1.54) is 18.3 Å². The highest BCUT2D eigenvalue weighted by Gasteiger charge is 2.23. The molecule has 4 N–H and O–H groups in total. The van der Waals surface area contributed by atoms with Crippen molar-refractivity contribution in [3.05, 3.63) is 46.9 Å². The summed E-state index contributed by atoms with van der Waals surface area (Å²) in [5, 5.41) is 22.6. The first kappa shape index (κ1) is 21.0. The van der Waals surface area contributed by atoms with Crippen molar-refractivity contribution in [2.45, 2.75) is 25.8 Å². The number of rotatable bonds is 4. The van der Waals surface area contributed by atoms with Crippen LogP contribution in [0.5, 0.6) is 0 Å². The minimum Gasteiger partial charge on any atom is -0.351 e. The van der Waals surface area contributed by atoms with E-state index in [0.29, 0.717) is 34.3 Å². The third kappa shape index (κ3) is 4.30. The zero-order valence-electron chi connectivity index (χ0n) is 16.7. The van der Waals surface area contributed by atoms with E-state index < -0.39 is 5.82 Å². The highest BCUT2D eigenvalue weighted by molar-refractivity contribution is 6.31. The lowest BCUT2D eigenvalue weighted by Crippen LogP contribution is -2.44. The van der Waals surface area contributed by atoms with E-state index >= 15 is 0 Å². The number of nitrogens with one attached hydrogen (secondary N) is 3. The number of amides is 1. The van der Waals surface area contributed by atoms with Gasteiger partial charge in [-0.1, -0.05) is 11.6 Å². The van der Waals surface area contributed by atoms with Crippen LogP contribution in [0.3, 0.4) is 0 Å². The molecule has 3 heterocycles. The number of fused-ring (bicyclic) bond motifs is 1. The molecule has 4 rings (SSSR count). The number of benzene rings is 1. The number of likely N-dealkylation sites (tertiary alicyclic amines) is 1. The van der Waals surface area contributed by atoms with Crippen LogP contribution < -0.4 is 10.4 Å². The van der Waals surface area contributed by atoms with E-state index in [2.05, 4.69) is 20.3 Å². The first-order chi connectivity index (χ1) is 14.8. The van der Waals surface area contributed by atoms with Crippen LogP contribution in [0.2, 0.25) is 5.02 Å². The number of carbonyl (C=O) groups excluding carboxylic acids is 1. The Morgan fingerprint density at radius 2 is 2.26 bits per heavy atom. The van der Waals surface area contributed by atoms with E-state index in [-0.39, 0.29) is 28.5 Å². The number of pyridine rings is 1. The highest BCUT2D eigenvalue weighted by atomic mass is 35.5. The minimum atomic E-state index is -0.619. The van der Waals surface area contributed by atoms with Crippen molar-refractivity contribution in [2.24, 2.45) is 0 Å². The number of imidazole rings is 1. The first-order valence-corrected chi connectivity index (χ1v) is 10.1. The van der Waals surface area contributed by atoms with E-state index in [1.54, 1.807) is 17.9 Å². The van der Waals surface area contributed by atoms with Crippen molar-refractivity contribution in [2.75, 3.05) is 23.5 Å². The van der Waals surface area contributed by atoms with Gasteiger partial charge in [0.05, 0.1) is 16.2 Å². The molecular weight excluding hydrogens is 425 g/mol. The zero-order chi connectivity index (χ0) is 22.1. The molecule has 11 heteroatoms. The van der Waals surface area contributed by atoms with Crippen molar-refractivity contribution in [3.8, 4) is 0 Å². The van der Waals surface area contributed by atoms with Gasteiger partial charge in [0.15, 0.2) is 11.5 Å². The summed E-state index contributed by atoms with van der Waals surface area (Å²) in [7, 11) is 0. The Kier molecular flexibility index (Phi) is 5.75. The van der Waals surface area contributed by atoms with Gasteiger partial charge in [-0.2, -0.15) is 4.98 Å². The standard InChI is InChI=1S/C20H21ClFN7O2/c1-11(30)28-8-2-3-12(10-28)25-20-26-17-14(6-7-24-19(17)27-20)18(23)29(31)13-4-5-16(22)15(21)9-13/h4-7,9,12,23,31H,2-3,8,10H2,1H3,(H2,24,25,26,27). The summed E-state index contributed by atoms with van der Waals surface area (Å²) < 4.78 is 13.4. The maximum atomic E-state index is 13.4. The van der Waals surface area contributed by atoms with Gasteiger partial charge >= 0.3 is 0 Å². The number of piperidine rings is 1. The number of hydrogen-bond acceptors (Lipinski definition) is 6. The van der Waals surface area contributed by atoms with Crippen LogP contribution >= 0.6 is 11.6 Å². The normalized spacial score (nSPS) is 16.4. The van der Waals surface area contributed by atoms with Crippen LogP contribution in [-0.2, 0) is 4.79 Å². The molecule has 31 heavy (non-hydrogen) atoms. The molecule has 1 saturated heterocycles. The molecule has 162 valence electrons. The molecule has 1 fully saturated rings. The smallest absolute Gasteiger partial charge is 0.219 e. The number of aromatic nitrogens is 3. The Morgan fingerprint density at radius 1 is 1.45 bits per heavy atom. The number of nitrogens with zero attached hydrogens (tertiary/aromatic N) is 4. The summed E-state index contributed by atoms with van der Waals surface area (Å²) in [6, 6.07) is 5.27. The third-order valence-electron chi connectivity index (χ3n) is 5.21. The van der Waals surface area contributed by atoms with Gasteiger partial charge in [-0.25, -0.2) is 14.4 Å². The highest BCUT2D eigenvalue weighted by Crippen LogP contribution is 2.25. The van der Waals surface area contributed by atoms with Crippen LogP contribution in [0.1, 0.15) is 25.3 Å². The quantitative estimate of drug-likeness (QED) is 0.277. The monoisotopic (exact) mass is 445 g/mol. The lowest BCUT2D eigenvalue weighted by atomic mass is 10.1. The zero-order valence-corrected chi connectivity index (χ0v) is 17.4. The van der Waals surface area contributed by atoms with Gasteiger partial charge in [-0.05, 0) is 37.1 Å². The summed E-state index contributed by atoms with van der Waals surface area (Å²) in [4.78, 5) is 25.2. The first-order valence-electron chi connectivity index (χ1n) is 9.73. The molecule has 3 aromatic rings. The molecule has 0 aliphatic carbocycles. The summed E-state index contributed by atoms with van der Waals surface area (Å²) >= 11 is 5.79. The Morgan fingerprint density at radius 3 is 3.00 bits per heavy atom. The average Bonchev–Trinajstić information content (AvgIpc) is 3.17. The fourth-order valence-electron chi connectivity index (χ4n) is 3.61. The third-order valence-corrected chi connectivity index (χ3v) is 5.50. The van der Waals surface area contributed by atoms with Gasteiger partial charge in [0.2, 0.25) is 11.9 Å². The number of H-pyrrole nitrogens is 1. The lowest BCUT2D eigenvalue weighted by Gasteiger charge is -2.32. The molecule has 0 saturated carbocycles. The molecule has 1 unspecified atom stereocenters. The van der Waals surface area contributed by atoms with Crippen LogP contribution in [0.15, 0.2) is 30.5 Å². The Balaban J connectivity index is 1.58. The van der Waals surface area contributed by atoms with Gasteiger partial charge in [-0.3, -0.25) is 15.4 Å². The van der Waals surface area contributed by atoms with Gasteiger partial charge in [-0.15, -0.1) is 0 Å². The largest absolute Gasteiger partial charge is 0.351 e. The number of amidine groups is 1. The number of halogens is 2.